The van der Waals surface area contributed by atoms with E-state index in [1.807, 2.05) is 47.7 Å². The van der Waals surface area contributed by atoms with Crippen LogP contribution in [0.2, 0.25) is 0 Å². The summed E-state index contributed by atoms with van der Waals surface area (Å²) in [5, 5.41) is 4.95. The van der Waals surface area contributed by atoms with E-state index in [0.29, 0.717) is 17.5 Å². The van der Waals surface area contributed by atoms with Crippen LogP contribution in [0.25, 0.3) is 126 Å². The van der Waals surface area contributed by atoms with E-state index in [4.69, 9.17) is 15.0 Å². The molecular weight excluding hydrogens is 845 g/mol. The largest absolute Gasteiger partial charge is 0.309 e. The Hall–Kier alpha value is -8.77. The first-order valence-corrected chi connectivity index (χ1v) is 23.7. The van der Waals surface area contributed by atoms with Crippen LogP contribution in [0.4, 0.5) is 0 Å². The second-order valence-electron chi connectivity index (χ2n) is 17.2. The first-order valence-electron chi connectivity index (χ1n) is 22.9. The first-order chi connectivity index (χ1) is 33.7. The van der Waals surface area contributed by atoms with Gasteiger partial charge in [0.2, 0.25) is 0 Å². The number of rotatable bonds is 8. The fourth-order valence-corrected chi connectivity index (χ4v) is 11.0. The summed E-state index contributed by atoms with van der Waals surface area (Å²) < 4.78 is 4.87. The topological polar surface area (TPSA) is 43.6 Å². The van der Waals surface area contributed by atoms with Gasteiger partial charge in [0, 0.05) is 58.9 Å². The van der Waals surface area contributed by atoms with Gasteiger partial charge in [-0.05, 0) is 93.5 Å². The molecule has 5 heteroatoms. The summed E-state index contributed by atoms with van der Waals surface area (Å²) >= 11 is 1.85. The second kappa shape index (κ2) is 16.6. The molecule has 13 rings (SSSR count). The third-order valence-electron chi connectivity index (χ3n) is 13.0. The molecule has 0 fully saturated rings. The Morgan fingerprint density at radius 3 is 1.41 bits per heavy atom. The van der Waals surface area contributed by atoms with Gasteiger partial charge in [-0.2, -0.15) is 0 Å². The lowest BCUT2D eigenvalue weighted by molar-refractivity contribution is 1.07. The highest BCUT2D eigenvalue weighted by molar-refractivity contribution is 7.26. The van der Waals surface area contributed by atoms with E-state index in [-0.39, 0.29) is 0 Å². The number of fused-ring (bicyclic) bond motifs is 6. The number of aromatic nitrogens is 4. The van der Waals surface area contributed by atoms with E-state index < -0.39 is 0 Å². The normalized spacial score (nSPS) is 11.5. The van der Waals surface area contributed by atoms with Crippen LogP contribution < -0.4 is 0 Å². The average Bonchev–Trinajstić information content (AvgIpc) is 3.96. The van der Waals surface area contributed by atoms with Gasteiger partial charge in [-0.3, -0.25) is 0 Å². The molecule has 0 saturated heterocycles. The standard InChI is InChI=1S/C63H40N4S/c1-6-19-41(20-7-1)46-35-47(42-21-8-2-9-22-42)37-48(36-46)45-33-34-50(56(38-45)63-65-61(43-23-10-3-11-24-43)64-62(66-63)44-25-12-4-13-26-44)52-30-18-31-53-55-39-58-54(40-59(55)68-60(52)53)51-29-16-17-32-57(51)67(58)49-27-14-5-15-28-49/h1-40H. The number of hydrogen-bond donors (Lipinski definition) is 0. The zero-order valence-electron chi connectivity index (χ0n) is 36.8. The zero-order valence-corrected chi connectivity index (χ0v) is 37.6. The monoisotopic (exact) mass is 884 g/mol. The Morgan fingerprint density at radius 2 is 0.794 bits per heavy atom. The predicted octanol–water partition coefficient (Wildman–Crippen LogP) is 17.0. The highest BCUT2D eigenvalue weighted by Gasteiger charge is 2.22. The average molecular weight is 885 g/mol. The molecule has 3 aromatic heterocycles. The highest BCUT2D eigenvalue weighted by atomic mass is 32.1. The van der Waals surface area contributed by atoms with Crippen molar-refractivity contribution in [2.75, 3.05) is 0 Å². The molecule has 318 valence electrons. The molecule has 0 spiro atoms. The van der Waals surface area contributed by atoms with Gasteiger partial charge >= 0.3 is 0 Å². The Kier molecular flexibility index (Phi) is 9.66. The Morgan fingerprint density at radius 1 is 0.279 bits per heavy atom. The summed E-state index contributed by atoms with van der Waals surface area (Å²) in [7, 11) is 0. The molecule has 0 unspecified atom stereocenters. The lowest BCUT2D eigenvalue weighted by Crippen LogP contribution is -2.01. The summed E-state index contributed by atoms with van der Waals surface area (Å²) in [6, 6.07) is 86.5. The molecule has 0 bridgehead atoms. The van der Waals surface area contributed by atoms with Crippen LogP contribution in [0.3, 0.4) is 0 Å². The molecule has 10 aromatic carbocycles. The molecule has 13 aromatic rings. The quantitative estimate of drug-likeness (QED) is 0.153. The van der Waals surface area contributed by atoms with E-state index >= 15 is 0 Å². The third-order valence-corrected chi connectivity index (χ3v) is 14.2. The molecule has 0 aliphatic heterocycles. The number of para-hydroxylation sites is 2. The fraction of sp³-hybridized carbons (Fsp3) is 0. The molecule has 0 amide bonds. The molecule has 0 saturated carbocycles. The number of benzene rings is 10. The lowest BCUT2D eigenvalue weighted by Gasteiger charge is -2.16. The van der Waals surface area contributed by atoms with Crippen LogP contribution in [-0.2, 0) is 0 Å². The molecular formula is C63H40N4S. The van der Waals surface area contributed by atoms with Gasteiger partial charge in [0.05, 0.1) is 11.0 Å². The van der Waals surface area contributed by atoms with Crippen molar-refractivity contribution >= 4 is 53.3 Å². The molecule has 0 aliphatic carbocycles. The van der Waals surface area contributed by atoms with E-state index in [1.54, 1.807) is 0 Å². The minimum absolute atomic E-state index is 0.615. The van der Waals surface area contributed by atoms with Gasteiger partial charge in [0.25, 0.3) is 0 Å². The molecule has 0 atom stereocenters. The summed E-state index contributed by atoms with van der Waals surface area (Å²) in [6.07, 6.45) is 0. The van der Waals surface area contributed by atoms with Gasteiger partial charge < -0.3 is 4.57 Å². The maximum Gasteiger partial charge on any atom is 0.164 e. The van der Waals surface area contributed by atoms with Crippen molar-refractivity contribution in [3.8, 4) is 84.4 Å². The second-order valence-corrected chi connectivity index (χ2v) is 18.2. The van der Waals surface area contributed by atoms with E-state index in [0.717, 1.165) is 55.8 Å². The SMILES string of the molecule is c1ccc(-c2cc(-c3ccccc3)cc(-c3ccc(-c4cccc5c4sc4cc6c7ccccc7n(-c7ccccc7)c6cc45)c(-c4nc(-c5ccccc5)nc(-c5ccccc5)n4)c3)c2)cc1. The first kappa shape index (κ1) is 39.6. The molecule has 0 radical (unpaired) electrons. The smallest absolute Gasteiger partial charge is 0.164 e. The molecule has 0 aliphatic rings. The summed E-state index contributed by atoms with van der Waals surface area (Å²) in [4.78, 5) is 15.8. The van der Waals surface area contributed by atoms with Crippen molar-refractivity contribution < 1.29 is 0 Å². The third kappa shape index (κ3) is 6.96. The zero-order chi connectivity index (χ0) is 45.0. The fourth-order valence-electron chi connectivity index (χ4n) is 9.79. The van der Waals surface area contributed by atoms with Gasteiger partial charge in [0.15, 0.2) is 17.5 Å². The van der Waals surface area contributed by atoms with E-state index in [9.17, 15) is 0 Å². The van der Waals surface area contributed by atoms with Crippen molar-refractivity contribution in [3.63, 3.8) is 0 Å². The highest BCUT2D eigenvalue weighted by Crippen LogP contribution is 2.46. The van der Waals surface area contributed by atoms with Crippen molar-refractivity contribution in [3.05, 3.63) is 243 Å². The van der Waals surface area contributed by atoms with Crippen molar-refractivity contribution in [2.45, 2.75) is 0 Å². The van der Waals surface area contributed by atoms with Crippen LogP contribution in [0.1, 0.15) is 0 Å². The van der Waals surface area contributed by atoms with Crippen LogP contribution in [0, 0.1) is 0 Å². The van der Waals surface area contributed by atoms with Crippen LogP contribution in [0.5, 0.6) is 0 Å². The summed E-state index contributed by atoms with van der Waals surface area (Å²) in [5.41, 5.74) is 15.3. The van der Waals surface area contributed by atoms with Crippen molar-refractivity contribution in [2.24, 2.45) is 0 Å². The summed E-state index contributed by atoms with van der Waals surface area (Å²) in [6.45, 7) is 0. The Bertz CT molecular complexity index is 3880. The van der Waals surface area contributed by atoms with Crippen LogP contribution in [-0.4, -0.2) is 19.5 Å². The molecule has 68 heavy (non-hydrogen) atoms. The van der Waals surface area contributed by atoms with Gasteiger partial charge in [0.1, 0.15) is 0 Å². The molecule has 3 heterocycles. The Balaban J connectivity index is 1.07. The predicted molar refractivity (Wildman–Crippen MR) is 285 cm³/mol. The van der Waals surface area contributed by atoms with Crippen molar-refractivity contribution in [1.29, 1.82) is 0 Å². The minimum atomic E-state index is 0.615. The number of nitrogens with zero attached hydrogens (tertiary/aromatic N) is 4. The van der Waals surface area contributed by atoms with E-state index in [2.05, 4.69) is 211 Å². The van der Waals surface area contributed by atoms with Crippen LogP contribution in [0.15, 0.2) is 243 Å². The van der Waals surface area contributed by atoms with Crippen molar-refractivity contribution in [1.82, 2.24) is 19.5 Å². The Labute approximate surface area is 397 Å². The molecule has 4 nitrogen and oxygen atoms in total. The maximum absolute atomic E-state index is 5.35. The molecule has 0 N–H and O–H groups in total. The maximum atomic E-state index is 5.35. The lowest BCUT2D eigenvalue weighted by atomic mass is 9.90. The summed E-state index contributed by atoms with van der Waals surface area (Å²) in [5.74, 6) is 1.87. The van der Waals surface area contributed by atoms with Gasteiger partial charge in [-0.1, -0.05) is 188 Å². The van der Waals surface area contributed by atoms with Gasteiger partial charge in [-0.25, -0.2) is 15.0 Å². The van der Waals surface area contributed by atoms with Gasteiger partial charge in [-0.15, -0.1) is 11.3 Å². The minimum Gasteiger partial charge on any atom is -0.309 e. The van der Waals surface area contributed by atoms with E-state index in [1.165, 1.54) is 53.1 Å². The number of hydrogen-bond acceptors (Lipinski definition) is 4. The van der Waals surface area contributed by atoms with Crippen LogP contribution >= 0.6 is 11.3 Å². The number of thiophene rings is 1.